The molecule has 0 saturated carbocycles. The zero-order valence-electron chi connectivity index (χ0n) is 12.5. The van der Waals surface area contributed by atoms with Gasteiger partial charge in [0.15, 0.2) is 0 Å². The van der Waals surface area contributed by atoms with E-state index in [-0.39, 0.29) is 17.8 Å². The molecule has 120 valence electrons. The number of hydrogen-bond donors (Lipinski definition) is 2. The molecular weight excluding hydrogens is 301 g/mol. The molecule has 2 heterocycles. The van der Waals surface area contributed by atoms with Gasteiger partial charge >= 0.3 is 5.97 Å². The molecule has 23 heavy (non-hydrogen) atoms. The van der Waals surface area contributed by atoms with E-state index in [0.717, 1.165) is 0 Å². The van der Waals surface area contributed by atoms with Gasteiger partial charge in [-0.3, -0.25) is 14.7 Å². The maximum Gasteiger partial charge on any atom is 0.308 e. The summed E-state index contributed by atoms with van der Waals surface area (Å²) in [5.41, 5.74) is 1.52. The summed E-state index contributed by atoms with van der Waals surface area (Å²) in [6.45, 7) is 2.14. The van der Waals surface area contributed by atoms with E-state index in [1.807, 2.05) is 0 Å². The monoisotopic (exact) mass is 317 g/mol. The van der Waals surface area contributed by atoms with Crippen LogP contribution in [0.3, 0.4) is 0 Å². The summed E-state index contributed by atoms with van der Waals surface area (Å²) < 4.78 is 12.9. The van der Waals surface area contributed by atoms with Gasteiger partial charge in [0, 0.05) is 18.2 Å². The highest BCUT2D eigenvalue weighted by atomic mass is 19.1. The predicted molar refractivity (Wildman–Crippen MR) is 80.2 cm³/mol. The number of halogens is 1. The number of nitrogens with zero attached hydrogens (tertiary/aromatic N) is 2. The minimum absolute atomic E-state index is 0.276. The first-order chi connectivity index (χ1) is 11.0. The lowest BCUT2D eigenvalue weighted by Gasteiger charge is -2.22. The van der Waals surface area contributed by atoms with Gasteiger partial charge in [0.25, 0.3) is 5.91 Å². The second-order valence-electron chi connectivity index (χ2n) is 5.65. The molecule has 2 atom stereocenters. The number of rotatable bonds is 3. The Morgan fingerprint density at radius 3 is 2.65 bits per heavy atom. The van der Waals surface area contributed by atoms with Crippen LogP contribution >= 0.6 is 0 Å². The van der Waals surface area contributed by atoms with Gasteiger partial charge < -0.3 is 10.0 Å². The molecule has 2 unspecified atom stereocenters. The molecule has 1 fully saturated rings. The third-order valence-corrected chi connectivity index (χ3v) is 4.28. The van der Waals surface area contributed by atoms with Crippen LogP contribution in [0.15, 0.2) is 30.3 Å². The van der Waals surface area contributed by atoms with E-state index in [9.17, 15) is 14.0 Å². The summed E-state index contributed by atoms with van der Waals surface area (Å²) in [7, 11) is 0. The fraction of sp³-hybridized carbons (Fsp3) is 0.312. The smallest absolute Gasteiger partial charge is 0.308 e. The van der Waals surface area contributed by atoms with E-state index in [2.05, 4.69) is 10.2 Å². The van der Waals surface area contributed by atoms with Crippen LogP contribution in [0, 0.1) is 11.7 Å². The quantitative estimate of drug-likeness (QED) is 0.908. The molecule has 6 nitrogen and oxygen atoms in total. The lowest BCUT2D eigenvalue weighted by molar-refractivity contribution is -0.142. The average molecular weight is 317 g/mol. The Bertz CT molecular complexity index is 741. The van der Waals surface area contributed by atoms with E-state index < -0.39 is 11.9 Å². The van der Waals surface area contributed by atoms with Crippen molar-refractivity contribution < 1.29 is 19.1 Å². The van der Waals surface area contributed by atoms with Crippen LogP contribution in [0.5, 0.6) is 0 Å². The van der Waals surface area contributed by atoms with Gasteiger partial charge in [-0.05, 0) is 43.7 Å². The number of benzene rings is 1. The number of carbonyl (C=O) groups excluding carboxylic acids is 1. The number of aromatic nitrogens is 2. The number of amides is 1. The molecule has 3 rings (SSSR count). The number of H-pyrrole nitrogens is 1. The van der Waals surface area contributed by atoms with Crippen LogP contribution in [0.4, 0.5) is 4.39 Å². The topological polar surface area (TPSA) is 86.3 Å². The van der Waals surface area contributed by atoms with Crippen LogP contribution in [0.25, 0.3) is 11.3 Å². The van der Waals surface area contributed by atoms with Crippen molar-refractivity contribution in [2.45, 2.75) is 19.4 Å². The van der Waals surface area contributed by atoms with Gasteiger partial charge in [-0.2, -0.15) is 5.10 Å². The Kier molecular flexibility index (Phi) is 3.85. The second kappa shape index (κ2) is 5.83. The minimum atomic E-state index is -0.885. The highest BCUT2D eigenvalue weighted by Crippen LogP contribution is 2.26. The highest BCUT2D eigenvalue weighted by Gasteiger charge is 2.38. The molecule has 7 heteroatoms. The molecule has 1 saturated heterocycles. The molecule has 2 aromatic rings. The molecule has 1 aromatic heterocycles. The van der Waals surface area contributed by atoms with Gasteiger partial charge in [0.1, 0.15) is 11.5 Å². The molecule has 0 aliphatic carbocycles. The summed E-state index contributed by atoms with van der Waals surface area (Å²) in [6, 6.07) is 7.04. The Morgan fingerprint density at radius 2 is 2.04 bits per heavy atom. The number of carboxylic acids is 1. The van der Waals surface area contributed by atoms with Crippen molar-refractivity contribution in [3.63, 3.8) is 0 Å². The zero-order valence-corrected chi connectivity index (χ0v) is 12.5. The molecule has 1 aromatic carbocycles. The largest absolute Gasteiger partial charge is 0.481 e. The summed E-state index contributed by atoms with van der Waals surface area (Å²) in [5, 5.41) is 15.9. The van der Waals surface area contributed by atoms with E-state index in [4.69, 9.17) is 5.11 Å². The standard InChI is InChI=1S/C16H16FN3O3/c1-9-12(16(22)23)6-7-20(9)15(21)14-8-13(18-19-14)10-2-4-11(17)5-3-10/h2-5,8-9,12H,6-7H2,1H3,(H,18,19)(H,22,23). The molecule has 0 spiro atoms. The predicted octanol–water partition coefficient (Wildman–Crippen LogP) is 2.15. The molecule has 0 bridgehead atoms. The highest BCUT2D eigenvalue weighted by molar-refractivity contribution is 5.94. The molecule has 1 amide bonds. The maximum atomic E-state index is 12.9. The van der Waals surface area contributed by atoms with Crippen molar-refractivity contribution in [3.05, 3.63) is 41.8 Å². The van der Waals surface area contributed by atoms with Crippen LogP contribution in [-0.4, -0.2) is 44.7 Å². The van der Waals surface area contributed by atoms with E-state index >= 15 is 0 Å². The first-order valence-electron chi connectivity index (χ1n) is 7.32. The van der Waals surface area contributed by atoms with Gasteiger partial charge in [-0.15, -0.1) is 0 Å². The lowest BCUT2D eigenvalue weighted by Crippen LogP contribution is -2.37. The van der Waals surface area contributed by atoms with Crippen LogP contribution in [0.1, 0.15) is 23.8 Å². The average Bonchev–Trinajstić information content (AvgIpc) is 3.14. The van der Waals surface area contributed by atoms with E-state index in [1.165, 1.54) is 12.1 Å². The Balaban J connectivity index is 1.79. The first kappa shape index (κ1) is 15.2. The fourth-order valence-electron chi connectivity index (χ4n) is 2.91. The van der Waals surface area contributed by atoms with E-state index in [1.54, 1.807) is 30.0 Å². The maximum absolute atomic E-state index is 12.9. The van der Waals surface area contributed by atoms with Crippen LogP contribution < -0.4 is 0 Å². The van der Waals surface area contributed by atoms with Crippen LogP contribution in [0.2, 0.25) is 0 Å². The number of carboxylic acid groups (broad SMARTS) is 1. The first-order valence-corrected chi connectivity index (χ1v) is 7.32. The van der Waals surface area contributed by atoms with E-state index in [0.29, 0.717) is 29.9 Å². The fourth-order valence-corrected chi connectivity index (χ4v) is 2.91. The number of aromatic amines is 1. The summed E-state index contributed by atoms with van der Waals surface area (Å²) in [4.78, 5) is 25.2. The summed E-state index contributed by atoms with van der Waals surface area (Å²) >= 11 is 0. The minimum Gasteiger partial charge on any atom is -0.481 e. The zero-order chi connectivity index (χ0) is 16.6. The van der Waals surface area contributed by atoms with Crippen molar-refractivity contribution in [1.82, 2.24) is 15.1 Å². The van der Waals surface area contributed by atoms with Crippen molar-refractivity contribution in [3.8, 4) is 11.3 Å². The molecule has 1 aliphatic heterocycles. The summed E-state index contributed by atoms with van der Waals surface area (Å²) in [5.74, 6) is -2.05. The lowest BCUT2D eigenvalue weighted by atomic mass is 10.0. The third-order valence-electron chi connectivity index (χ3n) is 4.28. The number of aliphatic carboxylic acids is 1. The number of nitrogens with one attached hydrogen (secondary N) is 1. The number of hydrogen-bond acceptors (Lipinski definition) is 3. The van der Waals surface area contributed by atoms with Gasteiger partial charge in [0.05, 0.1) is 11.6 Å². The second-order valence-corrected chi connectivity index (χ2v) is 5.65. The Hall–Kier alpha value is -2.70. The summed E-state index contributed by atoms with van der Waals surface area (Å²) in [6.07, 6.45) is 0.446. The number of likely N-dealkylation sites (tertiary alicyclic amines) is 1. The van der Waals surface area contributed by atoms with Crippen molar-refractivity contribution >= 4 is 11.9 Å². The molecular formula is C16H16FN3O3. The van der Waals surface area contributed by atoms with Gasteiger partial charge in [-0.1, -0.05) is 0 Å². The van der Waals surface area contributed by atoms with Gasteiger partial charge in [-0.25, -0.2) is 4.39 Å². The normalized spacial score (nSPS) is 20.7. The Labute approximate surface area is 131 Å². The van der Waals surface area contributed by atoms with Crippen molar-refractivity contribution in [2.75, 3.05) is 6.54 Å². The van der Waals surface area contributed by atoms with Crippen LogP contribution in [-0.2, 0) is 4.79 Å². The van der Waals surface area contributed by atoms with Gasteiger partial charge in [0.2, 0.25) is 0 Å². The number of carbonyl (C=O) groups is 2. The Morgan fingerprint density at radius 1 is 1.35 bits per heavy atom. The molecule has 0 radical (unpaired) electrons. The molecule has 2 N–H and O–H groups in total. The van der Waals surface area contributed by atoms with Crippen molar-refractivity contribution in [2.24, 2.45) is 5.92 Å². The van der Waals surface area contributed by atoms with Crippen molar-refractivity contribution in [1.29, 1.82) is 0 Å². The molecule has 1 aliphatic rings. The SMILES string of the molecule is CC1C(C(=O)O)CCN1C(=O)c1cc(-c2ccc(F)cc2)n[nH]1. The third kappa shape index (κ3) is 2.81.